The lowest BCUT2D eigenvalue weighted by atomic mass is 9.78. The summed E-state index contributed by atoms with van der Waals surface area (Å²) in [7, 11) is 0. The number of esters is 1. The number of benzene rings is 3. The lowest BCUT2D eigenvalue weighted by Gasteiger charge is -2.33. The molecule has 7 nitrogen and oxygen atoms in total. The number of ether oxygens (including phenoxy) is 2. The Morgan fingerprint density at radius 1 is 0.944 bits per heavy atom. The van der Waals surface area contributed by atoms with E-state index in [2.05, 4.69) is 5.32 Å². The van der Waals surface area contributed by atoms with E-state index in [9.17, 15) is 14.4 Å². The Kier molecular flexibility index (Phi) is 6.46. The number of cyclic esters (lactones) is 1. The summed E-state index contributed by atoms with van der Waals surface area (Å²) in [5.41, 5.74) is 1.28. The van der Waals surface area contributed by atoms with Crippen LogP contribution in [0.15, 0.2) is 91.0 Å². The summed E-state index contributed by atoms with van der Waals surface area (Å²) in [5.74, 6) is -1.71. The molecule has 0 bridgehead atoms. The molecule has 3 aromatic rings. The van der Waals surface area contributed by atoms with Crippen molar-refractivity contribution in [1.82, 2.24) is 10.2 Å². The van der Waals surface area contributed by atoms with Crippen LogP contribution in [0.5, 0.6) is 0 Å². The van der Waals surface area contributed by atoms with Crippen LogP contribution in [0.4, 0.5) is 4.79 Å². The Balaban J connectivity index is 1.49. The Morgan fingerprint density at radius 2 is 1.53 bits per heavy atom. The number of likely N-dealkylation sites (tertiary alicyclic amines) is 1. The van der Waals surface area contributed by atoms with Gasteiger partial charge in [0.15, 0.2) is 0 Å². The number of rotatable bonds is 6. The molecule has 0 spiro atoms. The van der Waals surface area contributed by atoms with Crippen molar-refractivity contribution in [1.29, 1.82) is 0 Å². The molecule has 184 valence electrons. The molecule has 3 aromatic carbocycles. The fraction of sp³-hybridized carbons (Fsp3) is 0.276. The van der Waals surface area contributed by atoms with Gasteiger partial charge < -0.3 is 14.8 Å². The van der Waals surface area contributed by atoms with E-state index in [-0.39, 0.29) is 19.1 Å². The van der Waals surface area contributed by atoms with E-state index in [1.165, 1.54) is 4.90 Å². The van der Waals surface area contributed by atoms with Crippen molar-refractivity contribution in [2.75, 3.05) is 6.61 Å². The van der Waals surface area contributed by atoms with Crippen molar-refractivity contribution < 1.29 is 23.9 Å². The first-order chi connectivity index (χ1) is 17.5. The van der Waals surface area contributed by atoms with Crippen LogP contribution in [0, 0.1) is 5.92 Å². The molecule has 0 radical (unpaired) electrons. The minimum atomic E-state index is -1.33. The third-order valence-corrected chi connectivity index (χ3v) is 7.25. The minimum absolute atomic E-state index is 0.0281. The normalized spacial score (nSPS) is 24.6. The van der Waals surface area contributed by atoms with Crippen molar-refractivity contribution >= 4 is 18.0 Å². The SMILES string of the molecule is C[C@]12C(=O)OC[C@H]1[C@H](c1ccccc1)[C@@H](C(=O)NCc1ccccc1)N2C(=O)OCc1ccccc1. The summed E-state index contributed by atoms with van der Waals surface area (Å²) in [4.78, 5) is 41.8. The third kappa shape index (κ3) is 4.21. The van der Waals surface area contributed by atoms with Crippen LogP contribution in [0.3, 0.4) is 0 Å². The van der Waals surface area contributed by atoms with Crippen molar-refractivity contribution in [3.63, 3.8) is 0 Å². The molecule has 2 amide bonds. The number of hydrogen-bond acceptors (Lipinski definition) is 5. The molecule has 2 fully saturated rings. The van der Waals surface area contributed by atoms with Crippen LogP contribution < -0.4 is 5.32 Å². The molecule has 2 saturated heterocycles. The van der Waals surface area contributed by atoms with Crippen molar-refractivity contribution in [2.24, 2.45) is 5.92 Å². The van der Waals surface area contributed by atoms with Gasteiger partial charge >= 0.3 is 12.1 Å². The monoisotopic (exact) mass is 484 g/mol. The van der Waals surface area contributed by atoms with E-state index >= 15 is 0 Å². The molecule has 0 aliphatic carbocycles. The first kappa shape index (κ1) is 23.6. The predicted octanol–water partition coefficient (Wildman–Crippen LogP) is 4.04. The van der Waals surface area contributed by atoms with E-state index in [0.29, 0.717) is 6.54 Å². The summed E-state index contributed by atoms with van der Waals surface area (Å²) in [6.07, 6.45) is -0.719. The number of nitrogens with one attached hydrogen (secondary N) is 1. The standard InChI is InChI=1S/C29H28N2O5/c1-29-23(19-35-27(29)33)24(22-15-9-4-10-16-22)25(26(32)30-17-20-11-5-2-6-12-20)31(29)28(34)36-18-21-13-7-3-8-14-21/h2-16,23-25H,17-19H2,1H3,(H,30,32)/t23-,24-,25-,29+/m0/s1. The molecule has 5 rings (SSSR count). The number of nitrogens with zero attached hydrogens (tertiary/aromatic N) is 1. The molecule has 2 heterocycles. The molecule has 2 aliphatic heterocycles. The topological polar surface area (TPSA) is 84.9 Å². The largest absolute Gasteiger partial charge is 0.464 e. The van der Waals surface area contributed by atoms with Gasteiger partial charge in [0.25, 0.3) is 0 Å². The van der Waals surface area contributed by atoms with Gasteiger partial charge in [-0.1, -0.05) is 91.0 Å². The summed E-state index contributed by atoms with van der Waals surface area (Å²) < 4.78 is 11.1. The maximum atomic E-state index is 13.8. The molecular formula is C29H28N2O5. The van der Waals surface area contributed by atoms with Crippen molar-refractivity contribution in [3.05, 3.63) is 108 Å². The van der Waals surface area contributed by atoms with Crippen molar-refractivity contribution in [3.8, 4) is 0 Å². The second-order valence-corrected chi connectivity index (χ2v) is 9.35. The van der Waals surface area contributed by atoms with E-state index in [0.717, 1.165) is 16.7 Å². The quantitative estimate of drug-likeness (QED) is 0.534. The average Bonchev–Trinajstić information content (AvgIpc) is 3.36. The molecule has 0 aromatic heterocycles. The highest BCUT2D eigenvalue weighted by Gasteiger charge is 2.68. The third-order valence-electron chi connectivity index (χ3n) is 7.25. The Morgan fingerprint density at radius 3 is 2.17 bits per heavy atom. The smallest absolute Gasteiger partial charge is 0.411 e. The molecule has 0 unspecified atom stereocenters. The van der Waals surface area contributed by atoms with Gasteiger partial charge in [-0.3, -0.25) is 9.69 Å². The summed E-state index contributed by atoms with van der Waals surface area (Å²) in [5, 5.41) is 2.98. The molecule has 4 atom stereocenters. The predicted molar refractivity (Wildman–Crippen MR) is 133 cm³/mol. The van der Waals surface area contributed by atoms with Gasteiger partial charge in [-0.2, -0.15) is 0 Å². The molecular weight excluding hydrogens is 456 g/mol. The first-order valence-corrected chi connectivity index (χ1v) is 12.0. The van der Waals surface area contributed by atoms with Gasteiger partial charge in [-0.05, 0) is 23.6 Å². The van der Waals surface area contributed by atoms with E-state index in [4.69, 9.17) is 9.47 Å². The number of hydrogen-bond donors (Lipinski definition) is 1. The Labute approximate surface area is 210 Å². The second-order valence-electron chi connectivity index (χ2n) is 9.35. The van der Waals surface area contributed by atoms with Crippen LogP contribution in [-0.4, -0.2) is 41.1 Å². The zero-order valence-corrected chi connectivity index (χ0v) is 20.0. The van der Waals surface area contributed by atoms with Crippen LogP contribution in [0.1, 0.15) is 29.5 Å². The summed E-state index contributed by atoms with van der Waals surface area (Å²) in [6.45, 7) is 2.13. The van der Waals surface area contributed by atoms with Crippen LogP contribution in [0.2, 0.25) is 0 Å². The van der Waals surface area contributed by atoms with Crippen LogP contribution in [0.25, 0.3) is 0 Å². The highest BCUT2D eigenvalue weighted by molar-refractivity contribution is 5.95. The van der Waals surface area contributed by atoms with E-state index in [1.807, 2.05) is 91.0 Å². The Hall–Kier alpha value is -4.13. The number of fused-ring (bicyclic) bond motifs is 1. The minimum Gasteiger partial charge on any atom is -0.464 e. The molecule has 36 heavy (non-hydrogen) atoms. The fourth-order valence-electron chi connectivity index (χ4n) is 5.38. The molecule has 0 saturated carbocycles. The molecule has 1 N–H and O–H groups in total. The van der Waals surface area contributed by atoms with E-state index in [1.54, 1.807) is 6.92 Å². The van der Waals surface area contributed by atoms with Gasteiger partial charge in [0.2, 0.25) is 5.91 Å². The second kappa shape index (κ2) is 9.85. The number of carbonyl (C=O) groups excluding carboxylic acids is 3. The first-order valence-electron chi connectivity index (χ1n) is 12.0. The van der Waals surface area contributed by atoms with E-state index < -0.39 is 35.5 Å². The number of amides is 2. The number of carbonyl (C=O) groups is 3. The highest BCUT2D eigenvalue weighted by atomic mass is 16.6. The lowest BCUT2D eigenvalue weighted by molar-refractivity contribution is -0.148. The zero-order valence-electron chi connectivity index (χ0n) is 20.0. The average molecular weight is 485 g/mol. The molecule has 2 aliphatic rings. The van der Waals surface area contributed by atoms with Gasteiger partial charge in [0.1, 0.15) is 18.2 Å². The van der Waals surface area contributed by atoms with Crippen LogP contribution in [-0.2, 0) is 32.2 Å². The highest BCUT2D eigenvalue weighted by Crippen LogP contribution is 2.52. The van der Waals surface area contributed by atoms with Gasteiger partial charge in [-0.25, -0.2) is 9.59 Å². The molecule has 7 heteroatoms. The van der Waals surface area contributed by atoms with Crippen molar-refractivity contribution in [2.45, 2.75) is 37.6 Å². The van der Waals surface area contributed by atoms with Gasteiger partial charge in [0.05, 0.1) is 6.61 Å². The summed E-state index contributed by atoms with van der Waals surface area (Å²) in [6, 6.07) is 27.4. The summed E-state index contributed by atoms with van der Waals surface area (Å²) >= 11 is 0. The van der Waals surface area contributed by atoms with Crippen LogP contribution >= 0.6 is 0 Å². The van der Waals surface area contributed by atoms with Gasteiger partial charge in [-0.15, -0.1) is 0 Å². The Bertz CT molecular complexity index is 1230. The van der Waals surface area contributed by atoms with Gasteiger partial charge in [0, 0.05) is 18.4 Å². The maximum Gasteiger partial charge on any atom is 0.411 e. The zero-order chi connectivity index (χ0) is 25.1. The maximum absolute atomic E-state index is 13.8. The lowest BCUT2D eigenvalue weighted by Crippen LogP contribution is -2.57. The fourth-order valence-corrected chi connectivity index (χ4v) is 5.38.